The number of nitrogens with zero attached hydrogens (tertiary/aromatic N) is 3. The van der Waals surface area contributed by atoms with E-state index in [0.29, 0.717) is 35.6 Å². The summed E-state index contributed by atoms with van der Waals surface area (Å²) in [5.74, 6) is 1.84. The first-order valence-electron chi connectivity index (χ1n) is 9.56. The minimum absolute atomic E-state index is 0.353. The van der Waals surface area contributed by atoms with E-state index in [0.717, 1.165) is 23.5 Å². The molecule has 0 aliphatic carbocycles. The van der Waals surface area contributed by atoms with E-state index in [1.165, 1.54) is 0 Å². The minimum Gasteiger partial charge on any atom is -0.494 e. The lowest BCUT2D eigenvalue weighted by atomic mass is 9.95. The number of para-hydroxylation sites is 1. The van der Waals surface area contributed by atoms with Crippen LogP contribution in [-0.4, -0.2) is 39.7 Å². The van der Waals surface area contributed by atoms with Gasteiger partial charge >= 0.3 is 5.97 Å². The van der Waals surface area contributed by atoms with Crippen molar-refractivity contribution in [3.8, 4) is 5.75 Å². The third kappa shape index (κ3) is 4.01. The van der Waals surface area contributed by atoms with Gasteiger partial charge in [-0.25, -0.2) is 9.48 Å². The van der Waals surface area contributed by atoms with Crippen LogP contribution in [0.2, 0.25) is 0 Å². The molecule has 0 amide bonds. The summed E-state index contributed by atoms with van der Waals surface area (Å²) in [6, 6.07) is 7.25. The van der Waals surface area contributed by atoms with Crippen LogP contribution in [0.5, 0.6) is 5.75 Å². The Morgan fingerprint density at radius 2 is 2.07 bits per heavy atom. The lowest BCUT2D eigenvalue weighted by Gasteiger charge is -2.29. The summed E-state index contributed by atoms with van der Waals surface area (Å²) in [6.07, 6.45) is 0.761. The molecular formula is C20H26N4O3S. The number of hydrogen-bond acceptors (Lipinski definition) is 7. The van der Waals surface area contributed by atoms with Crippen LogP contribution in [0.1, 0.15) is 45.7 Å². The highest BCUT2D eigenvalue weighted by molar-refractivity contribution is 7.99. The van der Waals surface area contributed by atoms with Crippen LogP contribution in [-0.2, 0) is 9.53 Å². The number of ether oxygens (including phenoxy) is 2. The number of nitrogens with one attached hydrogen (secondary N) is 1. The monoisotopic (exact) mass is 402 g/mol. The Labute approximate surface area is 169 Å². The zero-order chi connectivity index (χ0) is 20.1. The van der Waals surface area contributed by atoms with Crippen molar-refractivity contribution in [2.24, 2.45) is 0 Å². The van der Waals surface area contributed by atoms with E-state index in [2.05, 4.69) is 22.3 Å². The normalized spacial score (nSPS) is 15.8. The second-order valence-corrected chi connectivity index (χ2v) is 7.50. The zero-order valence-electron chi connectivity index (χ0n) is 16.7. The van der Waals surface area contributed by atoms with Gasteiger partial charge in [0.2, 0.25) is 11.1 Å². The van der Waals surface area contributed by atoms with Crippen LogP contribution in [0, 0.1) is 0 Å². The van der Waals surface area contributed by atoms with Crippen molar-refractivity contribution in [1.29, 1.82) is 0 Å². The van der Waals surface area contributed by atoms with Crippen LogP contribution in [0.25, 0.3) is 0 Å². The van der Waals surface area contributed by atoms with E-state index >= 15 is 0 Å². The average molecular weight is 403 g/mol. The maximum Gasteiger partial charge on any atom is 0.338 e. The fraction of sp³-hybridized carbons (Fsp3) is 0.450. The summed E-state index contributed by atoms with van der Waals surface area (Å²) >= 11 is 1.56. The topological polar surface area (TPSA) is 78.3 Å². The van der Waals surface area contributed by atoms with Crippen LogP contribution >= 0.6 is 11.8 Å². The SMILES string of the molecule is CCCOC(=O)C1=C(C)Nc2nc(SCC)nn2C1c1ccccc1OCC. The second-order valence-electron chi connectivity index (χ2n) is 6.27. The number of anilines is 1. The molecule has 8 heteroatoms. The Morgan fingerprint density at radius 3 is 2.79 bits per heavy atom. The molecule has 0 radical (unpaired) electrons. The summed E-state index contributed by atoms with van der Waals surface area (Å²) in [7, 11) is 0. The quantitative estimate of drug-likeness (QED) is 0.527. The van der Waals surface area contributed by atoms with Crippen molar-refractivity contribution in [2.45, 2.75) is 45.3 Å². The van der Waals surface area contributed by atoms with Gasteiger partial charge in [0, 0.05) is 11.3 Å². The van der Waals surface area contributed by atoms with Crippen molar-refractivity contribution in [3.63, 3.8) is 0 Å². The number of carbonyl (C=O) groups excluding carboxylic acids is 1. The van der Waals surface area contributed by atoms with Crippen molar-refractivity contribution < 1.29 is 14.3 Å². The predicted octanol–water partition coefficient (Wildman–Crippen LogP) is 4.03. The maximum atomic E-state index is 12.9. The van der Waals surface area contributed by atoms with Gasteiger partial charge in [-0.15, -0.1) is 5.10 Å². The molecule has 28 heavy (non-hydrogen) atoms. The highest BCUT2D eigenvalue weighted by atomic mass is 32.2. The summed E-state index contributed by atoms with van der Waals surface area (Å²) in [5.41, 5.74) is 2.09. The third-order valence-corrected chi connectivity index (χ3v) is 5.00. The van der Waals surface area contributed by atoms with Gasteiger partial charge in [0.1, 0.15) is 11.8 Å². The van der Waals surface area contributed by atoms with Gasteiger partial charge in [0.25, 0.3) is 0 Å². The van der Waals surface area contributed by atoms with Crippen LogP contribution in [0.15, 0.2) is 40.7 Å². The van der Waals surface area contributed by atoms with Crippen LogP contribution < -0.4 is 10.1 Å². The molecule has 3 rings (SSSR count). The molecule has 7 nitrogen and oxygen atoms in total. The Hall–Kier alpha value is -2.48. The van der Waals surface area contributed by atoms with Gasteiger partial charge < -0.3 is 14.8 Å². The van der Waals surface area contributed by atoms with Gasteiger partial charge in [-0.05, 0) is 32.1 Å². The molecular weight excluding hydrogens is 376 g/mol. The average Bonchev–Trinajstić information content (AvgIpc) is 3.08. The standard InChI is InChI=1S/C20H26N4O3S/c1-5-12-27-18(25)16-13(4)21-19-22-20(28-7-3)23-24(19)17(16)14-10-8-9-11-15(14)26-6-2/h8-11,17H,5-7,12H2,1-4H3,(H,21,22,23). The molecule has 0 fully saturated rings. The fourth-order valence-corrected chi connectivity index (χ4v) is 3.69. The molecule has 0 spiro atoms. The number of benzene rings is 1. The molecule has 1 N–H and O–H groups in total. The lowest BCUT2D eigenvalue weighted by molar-refractivity contribution is -0.139. The molecule has 0 saturated carbocycles. The van der Waals surface area contributed by atoms with Crippen LogP contribution in [0.4, 0.5) is 5.95 Å². The number of fused-ring (bicyclic) bond motifs is 1. The highest BCUT2D eigenvalue weighted by Gasteiger charge is 2.36. The minimum atomic E-state index is -0.470. The van der Waals surface area contributed by atoms with E-state index in [4.69, 9.17) is 9.47 Å². The van der Waals surface area contributed by atoms with Gasteiger partial charge in [-0.2, -0.15) is 4.98 Å². The number of carbonyl (C=O) groups is 1. The zero-order valence-corrected chi connectivity index (χ0v) is 17.5. The molecule has 1 unspecified atom stereocenters. The van der Waals surface area contributed by atoms with E-state index in [1.807, 2.05) is 45.0 Å². The number of esters is 1. The fourth-order valence-electron chi connectivity index (χ4n) is 3.14. The van der Waals surface area contributed by atoms with Gasteiger partial charge in [-0.3, -0.25) is 0 Å². The van der Waals surface area contributed by atoms with Gasteiger partial charge in [0.05, 0.1) is 18.8 Å². The van der Waals surface area contributed by atoms with E-state index in [9.17, 15) is 4.79 Å². The molecule has 1 aliphatic rings. The first-order chi connectivity index (χ1) is 13.6. The molecule has 150 valence electrons. The van der Waals surface area contributed by atoms with E-state index < -0.39 is 6.04 Å². The van der Waals surface area contributed by atoms with Crippen molar-refractivity contribution in [1.82, 2.24) is 14.8 Å². The van der Waals surface area contributed by atoms with Crippen molar-refractivity contribution in [2.75, 3.05) is 24.3 Å². The van der Waals surface area contributed by atoms with E-state index in [1.54, 1.807) is 16.4 Å². The van der Waals surface area contributed by atoms with Gasteiger partial charge in [-0.1, -0.05) is 43.8 Å². The van der Waals surface area contributed by atoms with E-state index in [-0.39, 0.29) is 5.97 Å². The second kappa shape index (κ2) is 9.14. The van der Waals surface area contributed by atoms with Crippen LogP contribution in [0.3, 0.4) is 0 Å². The summed E-state index contributed by atoms with van der Waals surface area (Å²) in [5, 5.41) is 8.53. The smallest absolute Gasteiger partial charge is 0.338 e. The number of allylic oxidation sites excluding steroid dienone is 1. The Balaban J connectivity index is 2.14. The molecule has 2 aromatic rings. The number of rotatable bonds is 8. The first-order valence-corrected chi connectivity index (χ1v) is 10.5. The molecule has 0 bridgehead atoms. The third-order valence-electron chi connectivity index (χ3n) is 4.28. The molecule has 2 heterocycles. The molecule has 1 aromatic carbocycles. The maximum absolute atomic E-state index is 12.9. The van der Waals surface area contributed by atoms with Gasteiger partial charge in [0.15, 0.2) is 0 Å². The molecule has 1 aliphatic heterocycles. The van der Waals surface area contributed by atoms with Crippen molar-refractivity contribution >= 4 is 23.7 Å². The number of hydrogen-bond donors (Lipinski definition) is 1. The predicted molar refractivity (Wildman–Crippen MR) is 110 cm³/mol. The molecule has 1 aromatic heterocycles. The number of thioether (sulfide) groups is 1. The largest absolute Gasteiger partial charge is 0.494 e. The summed E-state index contributed by atoms with van der Waals surface area (Å²) in [4.78, 5) is 17.5. The Morgan fingerprint density at radius 1 is 1.29 bits per heavy atom. The number of aromatic nitrogens is 3. The summed E-state index contributed by atoms with van der Waals surface area (Å²) < 4.78 is 13.1. The molecule has 1 atom stereocenters. The highest BCUT2D eigenvalue weighted by Crippen LogP contribution is 2.40. The Bertz CT molecular complexity index is 878. The lowest BCUT2D eigenvalue weighted by Crippen LogP contribution is -2.30. The first kappa shape index (κ1) is 20.3. The Kier molecular flexibility index (Phi) is 6.61. The summed E-state index contributed by atoms with van der Waals surface area (Å²) in [6.45, 7) is 8.73. The van der Waals surface area contributed by atoms with Crippen molar-refractivity contribution in [3.05, 3.63) is 41.1 Å². The molecule has 0 saturated heterocycles.